The number of rotatable bonds is 11. The van der Waals surface area contributed by atoms with E-state index in [0.717, 1.165) is 12.1 Å². The zero-order chi connectivity index (χ0) is 28.3. The van der Waals surface area contributed by atoms with E-state index in [1.54, 1.807) is 10.9 Å². The molecule has 0 saturated carbocycles. The fraction of sp³-hybridized carbons (Fsp3) is 0.423. The Morgan fingerprint density at radius 1 is 0.976 bits per heavy atom. The van der Waals surface area contributed by atoms with Gasteiger partial charge in [0.15, 0.2) is 29.3 Å². The number of imidazole rings is 2. The molecule has 214 valence electrons. The van der Waals surface area contributed by atoms with Gasteiger partial charge < -0.3 is 30.2 Å². The van der Waals surface area contributed by atoms with Crippen LogP contribution in [0, 0.1) is 0 Å². The Bertz CT molecular complexity index is 1600. The second kappa shape index (κ2) is 11.6. The molecule has 1 aromatic carbocycles. The van der Waals surface area contributed by atoms with Crippen molar-refractivity contribution in [3.63, 3.8) is 0 Å². The van der Waals surface area contributed by atoms with Crippen LogP contribution in [0.4, 0.5) is 11.8 Å². The third kappa shape index (κ3) is 5.59. The Kier molecular flexibility index (Phi) is 7.54. The van der Waals surface area contributed by atoms with Crippen molar-refractivity contribution >= 4 is 22.9 Å². The minimum absolute atomic E-state index is 0.195. The van der Waals surface area contributed by atoms with E-state index in [1.807, 2.05) is 42.9 Å². The van der Waals surface area contributed by atoms with E-state index in [2.05, 4.69) is 48.1 Å². The van der Waals surface area contributed by atoms with Gasteiger partial charge in [-0.3, -0.25) is 4.57 Å². The van der Waals surface area contributed by atoms with E-state index in [1.165, 1.54) is 16.7 Å². The summed E-state index contributed by atoms with van der Waals surface area (Å²) in [6.45, 7) is 3.57. The molecule has 0 amide bonds. The monoisotopic (exact) mass is 560 g/mol. The largest absolute Gasteiger partial charge is 0.387 e. The summed E-state index contributed by atoms with van der Waals surface area (Å²) in [6.07, 6.45) is 2.23. The van der Waals surface area contributed by atoms with Gasteiger partial charge in [0.2, 0.25) is 11.8 Å². The number of aryl methyl sites for hydroxylation is 2. The quantitative estimate of drug-likeness (QED) is 0.179. The fourth-order valence-electron chi connectivity index (χ4n) is 4.78. The number of ether oxygens (including phenoxy) is 1. The highest BCUT2D eigenvalue weighted by atomic mass is 16.6. The van der Waals surface area contributed by atoms with Crippen LogP contribution in [0.15, 0.2) is 49.2 Å². The van der Waals surface area contributed by atoms with Crippen molar-refractivity contribution in [2.24, 2.45) is 7.05 Å². The lowest BCUT2D eigenvalue weighted by molar-refractivity contribution is -0.0384. The molecule has 1 fully saturated rings. The lowest BCUT2D eigenvalue weighted by atomic mass is 10.1. The van der Waals surface area contributed by atoms with Crippen LogP contribution in [0.1, 0.15) is 36.3 Å². The van der Waals surface area contributed by atoms with Gasteiger partial charge in [-0.15, -0.1) is 10.2 Å². The Morgan fingerprint density at radius 2 is 1.80 bits per heavy atom. The Hall–Kier alpha value is -4.47. The van der Waals surface area contributed by atoms with Gasteiger partial charge in [-0.2, -0.15) is 14.8 Å². The van der Waals surface area contributed by atoms with Crippen LogP contribution in [0.25, 0.3) is 11.2 Å². The first kappa shape index (κ1) is 26.7. The van der Waals surface area contributed by atoms with E-state index in [4.69, 9.17) is 14.7 Å². The number of nitrogens with zero attached hydrogens (tertiary/aromatic N) is 10. The first-order chi connectivity index (χ1) is 20.0. The van der Waals surface area contributed by atoms with Gasteiger partial charge in [0, 0.05) is 32.8 Å². The first-order valence-corrected chi connectivity index (χ1v) is 13.5. The number of tetrazole rings is 1. The predicted molar refractivity (Wildman–Crippen MR) is 148 cm³/mol. The number of aliphatic hydroxyl groups excluding tert-OH is 2. The molecule has 15 heteroatoms. The number of aliphatic hydroxyl groups is 2. The van der Waals surface area contributed by atoms with Crippen molar-refractivity contribution in [1.82, 2.24) is 49.3 Å². The highest BCUT2D eigenvalue weighted by molar-refractivity contribution is 5.84. The van der Waals surface area contributed by atoms with Crippen LogP contribution in [0.2, 0.25) is 0 Å². The van der Waals surface area contributed by atoms with Crippen molar-refractivity contribution in [3.05, 3.63) is 66.3 Å². The number of fused-ring (bicyclic) bond motifs is 1. The summed E-state index contributed by atoms with van der Waals surface area (Å²) in [7, 11) is 1.93. The molecule has 4 N–H and O–H groups in total. The van der Waals surface area contributed by atoms with Gasteiger partial charge in [0.05, 0.1) is 24.9 Å². The van der Waals surface area contributed by atoms with E-state index < -0.39 is 24.5 Å². The van der Waals surface area contributed by atoms with Gasteiger partial charge in [0.25, 0.3) is 0 Å². The zero-order valence-electron chi connectivity index (χ0n) is 22.7. The lowest BCUT2D eigenvalue weighted by Gasteiger charge is -2.17. The molecular formula is C26H32N12O3. The molecule has 4 atom stereocenters. The number of hydrogen-bond acceptors (Lipinski definition) is 12. The average Bonchev–Trinajstić information content (AvgIpc) is 3.77. The fourth-order valence-corrected chi connectivity index (χ4v) is 4.78. The Balaban J connectivity index is 1.27. The molecule has 5 heterocycles. The second-order valence-corrected chi connectivity index (χ2v) is 9.85. The third-order valence-electron chi connectivity index (χ3n) is 6.91. The maximum atomic E-state index is 11.0. The van der Waals surface area contributed by atoms with E-state index >= 15 is 0 Å². The summed E-state index contributed by atoms with van der Waals surface area (Å²) in [5, 5.41) is 40.6. The highest BCUT2D eigenvalue weighted by Gasteiger charge is 2.47. The Labute approximate surface area is 235 Å². The lowest BCUT2D eigenvalue weighted by Crippen LogP contribution is -2.29. The number of hydrogen-bond donors (Lipinski definition) is 4. The van der Waals surface area contributed by atoms with Gasteiger partial charge in [0.1, 0.15) is 12.2 Å². The zero-order valence-corrected chi connectivity index (χ0v) is 22.7. The summed E-state index contributed by atoms with van der Waals surface area (Å²) in [5.74, 6) is 1.12. The maximum absolute atomic E-state index is 11.0. The van der Waals surface area contributed by atoms with Crippen LogP contribution >= 0.6 is 0 Å². The molecule has 4 unspecified atom stereocenters. The summed E-state index contributed by atoms with van der Waals surface area (Å²) in [4.78, 5) is 19.7. The Morgan fingerprint density at radius 3 is 2.56 bits per heavy atom. The van der Waals surface area contributed by atoms with Crippen molar-refractivity contribution in [3.8, 4) is 0 Å². The molecular weight excluding hydrogens is 528 g/mol. The number of nitrogens with one attached hydrogen (secondary N) is 2. The van der Waals surface area contributed by atoms with E-state index in [0.29, 0.717) is 49.0 Å². The van der Waals surface area contributed by atoms with Gasteiger partial charge in [-0.05, 0) is 24.1 Å². The molecule has 41 heavy (non-hydrogen) atoms. The number of benzene rings is 1. The molecule has 0 radical (unpaired) electrons. The topological polar surface area (TPSA) is 179 Å². The molecule has 0 aliphatic carbocycles. The molecule has 4 aromatic heterocycles. The summed E-state index contributed by atoms with van der Waals surface area (Å²) in [5.41, 5.74) is 3.09. The molecule has 0 spiro atoms. The standard InChI is InChI=1S/C26H32N12O3/c1-3-38-34-23(33-35-38)21-19(39)20(40)25(41-21)37-15-30-18-22(27-11-9-16-7-5-4-6-8-16)31-26(32-24(18)37)28-12-10-17-13-36(2)14-29-17/h4-8,13-15,19-21,25,39-40H,3,9-12H2,1-2H3,(H2,27,28,31,32). The number of anilines is 2. The van der Waals surface area contributed by atoms with E-state index in [-0.39, 0.29) is 5.82 Å². The smallest absolute Gasteiger partial charge is 0.226 e. The maximum Gasteiger partial charge on any atom is 0.226 e. The van der Waals surface area contributed by atoms with Crippen molar-refractivity contribution < 1.29 is 14.9 Å². The average molecular weight is 561 g/mol. The molecule has 15 nitrogen and oxygen atoms in total. The van der Waals surface area contributed by atoms with Crippen molar-refractivity contribution in [2.75, 3.05) is 23.7 Å². The normalized spacial score (nSPS) is 20.6. The molecule has 0 bridgehead atoms. The van der Waals surface area contributed by atoms with Gasteiger partial charge in [-0.25, -0.2) is 9.97 Å². The van der Waals surface area contributed by atoms with Crippen molar-refractivity contribution in [1.29, 1.82) is 0 Å². The molecule has 1 saturated heterocycles. The van der Waals surface area contributed by atoms with Gasteiger partial charge in [-0.1, -0.05) is 30.3 Å². The minimum atomic E-state index is -1.28. The van der Waals surface area contributed by atoms with Gasteiger partial charge >= 0.3 is 0 Å². The van der Waals surface area contributed by atoms with Crippen molar-refractivity contribution in [2.45, 2.75) is 50.8 Å². The van der Waals surface area contributed by atoms with Crippen LogP contribution in [0.3, 0.4) is 0 Å². The first-order valence-electron chi connectivity index (χ1n) is 13.5. The summed E-state index contributed by atoms with van der Waals surface area (Å²) < 4.78 is 9.57. The third-order valence-corrected chi connectivity index (χ3v) is 6.91. The van der Waals surface area contributed by atoms with Crippen LogP contribution < -0.4 is 10.6 Å². The molecule has 5 aromatic rings. The van der Waals surface area contributed by atoms with Crippen LogP contribution in [0.5, 0.6) is 0 Å². The molecule has 1 aliphatic heterocycles. The summed E-state index contributed by atoms with van der Waals surface area (Å²) in [6, 6.07) is 10.2. The SMILES string of the molecule is CCn1nnc(C2OC(n3cnc4c(NCCc5ccccc5)nc(NCCc5cn(C)cn5)nc43)C(O)C2O)n1. The molecule has 1 aliphatic rings. The highest BCUT2D eigenvalue weighted by Crippen LogP contribution is 2.39. The van der Waals surface area contributed by atoms with E-state index in [9.17, 15) is 10.2 Å². The van der Waals surface area contributed by atoms with Crippen LogP contribution in [-0.4, -0.2) is 84.8 Å². The second-order valence-electron chi connectivity index (χ2n) is 9.85. The van der Waals surface area contributed by atoms with Crippen LogP contribution in [-0.2, 0) is 31.2 Å². The number of aromatic nitrogens is 10. The summed E-state index contributed by atoms with van der Waals surface area (Å²) >= 11 is 0. The minimum Gasteiger partial charge on any atom is -0.387 e. The molecule has 6 rings (SSSR count). The predicted octanol–water partition coefficient (Wildman–Crippen LogP) is 0.867.